The smallest absolute Gasteiger partial charge is 0.147 e. The van der Waals surface area contributed by atoms with E-state index in [4.69, 9.17) is 0 Å². The molecule has 0 radical (unpaired) electrons. The summed E-state index contributed by atoms with van der Waals surface area (Å²) in [5.74, 6) is 1.11. The van der Waals surface area contributed by atoms with Gasteiger partial charge in [0.1, 0.15) is 0 Å². The second-order valence-electron chi connectivity index (χ2n) is 11.2. The van der Waals surface area contributed by atoms with E-state index in [1.54, 1.807) is 14.4 Å². The average Bonchev–Trinajstić information content (AvgIpc) is 3.21. The molecule has 40 heavy (non-hydrogen) atoms. The van der Waals surface area contributed by atoms with Gasteiger partial charge in [-0.2, -0.15) is 0 Å². The van der Waals surface area contributed by atoms with Crippen LogP contribution in [0.4, 0.5) is 0 Å². The van der Waals surface area contributed by atoms with E-state index >= 15 is 0 Å². The van der Waals surface area contributed by atoms with Gasteiger partial charge < -0.3 is 0 Å². The van der Waals surface area contributed by atoms with Gasteiger partial charge in [0.05, 0.1) is 0 Å². The van der Waals surface area contributed by atoms with Crippen LogP contribution in [0.25, 0.3) is 11.1 Å². The Kier molecular flexibility index (Phi) is 10.1. The summed E-state index contributed by atoms with van der Waals surface area (Å²) >= 11 is -2.23. The van der Waals surface area contributed by atoms with Gasteiger partial charge in [-0.3, -0.25) is 0 Å². The van der Waals surface area contributed by atoms with Crippen molar-refractivity contribution in [2.24, 2.45) is 11.8 Å². The topological polar surface area (TPSA) is 0 Å². The second kappa shape index (κ2) is 13.1. The van der Waals surface area contributed by atoms with Crippen LogP contribution in [0, 0.1) is 11.8 Å². The minimum absolute atomic E-state index is 0. The fraction of sp³-hybridized carbons (Fsp3) is 0.216. The first-order valence-corrected chi connectivity index (χ1v) is 18.0. The van der Waals surface area contributed by atoms with Crippen molar-refractivity contribution in [3.05, 3.63) is 155 Å². The van der Waals surface area contributed by atoms with Gasteiger partial charge in [-0.05, 0) is 0 Å². The predicted molar refractivity (Wildman–Crippen MR) is 176 cm³/mol. The molecule has 2 aromatic rings. The Labute approximate surface area is 260 Å². The number of halogens is 2. The molecule has 0 spiro atoms. The maximum absolute atomic E-state index is 2.59. The Hall–Kier alpha value is -2.31. The van der Waals surface area contributed by atoms with Crippen molar-refractivity contribution in [3.8, 4) is 0 Å². The van der Waals surface area contributed by atoms with Crippen molar-refractivity contribution in [2.75, 3.05) is 0 Å². The minimum atomic E-state index is -2.23. The van der Waals surface area contributed by atoms with Gasteiger partial charge in [-0.25, -0.2) is 0 Å². The number of rotatable bonds is 4. The normalized spacial score (nSPS) is 24.3. The fourth-order valence-electron chi connectivity index (χ4n) is 6.95. The zero-order valence-corrected chi connectivity index (χ0v) is 27.8. The molecule has 4 unspecified atom stereocenters. The van der Waals surface area contributed by atoms with Crippen LogP contribution in [0.2, 0.25) is 7.25 Å². The summed E-state index contributed by atoms with van der Waals surface area (Å²) in [6.07, 6.45) is 23.7. The molecule has 204 valence electrons. The second-order valence-corrected chi connectivity index (χ2v) is 19.0. The number of hydrogen-bond acceptors (Lipinski definition) is 0. The number of hydrogen-bond donors (Lipinski definition) is 0. The van der Waals surface area contributed by atoms with Crippen molar-refractivity contribution >= 4 is 39.2 Å². The van der Waals surface area contributed by atoms with Crippen LogP contribution >= 0.6 is 24.8 Å². The van der Waals surface area contributed by atoms with Gasteiger partial charge in [0.25, 0.3) is 0 Å². The molecule has 0 saturated heterocycles. The minimum Gasteiger partial charge on any atom is -0.147 e. The maximum Gasteiger partial charge on any atom is -0.147 e. The van der Waals surface area contributed by atoms with Crippen LogP contribution < -0.4 is 0 Å². The van der Waals surface area contributed by atoms with E-state index in [1.807, 2.05) is 0 Å². The van der Waals surface area contributed by atoms with E-state index in [9.17, 15) is 0 Å². The monoisotopic (exact) mass is 642 g/mol. The van der Waals surface area contributed by atoms with Crippen molar-refractivity contribution < 1.29 is 21.3 Å². The third kappa shape index (κ3) is 5.59. The van der Waals surface area contributed by atoms with E-state index in [0.29, 0.717) is 19.1 Å². The van der Waals surface area contributed by atoms with Crippen molar-refractivity contribution in [1.82, 2.24) is 0 Å². The molecule has 0 amide bonds. The van der Waals surface area contributed by atoms with Crippen LogP contribution in [0.5, 0.6) is 0 Å². The summed E-state index contributed by atoms with van der Waals surface area (Å²) in [5, 5.41) is 0. The molecule has 0 aliphatic heterocycles. The predicted octanol–water partition coefficient (Wildman–Crippen LogP) is 10.5. The van der Waals surface area contributed by atoms with E-state index in [0.717, 1.165) is 0 Å². The van der Waals surface area contributed by atoms with Gasteiger partial charge in [0, 0.05) is 0 Å². The van der Waals surface area contributed by atoms with E-state index in [-0.39, 0.29) is 24.8 Å². The van der Waals surface area contributed by atoms with Gasteiger partial charge in [-0.15, -0.1) is 24.8 Å². The molecular formula is C37H38Cl2Zr. The molecule has 0 saturated carbocycles. The van der Waals surface area contributed by atoms with Crippen molar-refractivity contribution in [1.29, 1.82) is 0 Å². The average molecular weight is 645 g/mol. The SMILES string of the molecule is C[C](C)=[Zr]([CH]1C2=CC=CC=C(c3ccccc3)C2=CC1C)[CH]1C2=CC=CC=C(c3ccccc3)C2=CC1C.Cl.Cl. The number of allylic oxidation sites excluding steroid dienone is 16. The van der Waals surface area contributed by atoms with Crippen LogP contribution in [0.3, 0.4) is 0 Å². The van der Waals surface area contributed by atoms with E-state index in [2.05, 4.69) is 149 Å². The Morgan fingerprint density at radius 2 is 0.900 bits per heavy atom. The molecule has 0 heterocycles. The molecule has 4 atom stereocenters. The van der Waals surface area contributed by atoms with Gasteiger partial charge >= 0.3 is 237 Å². The molecule has 0 aromatic heterocycles. The largest absolute Gasteiger partial charge is 0.147 e. The molecule has 0 bridgehead atoms. The van der Waals surface area contributed by atoms with Gasteiger partial charge in [0.2, 0.25) is 0 Å². The van der Waals surface area contributed by atoms with E-state index in [1.165, 1.54) is 33.4 Å². The molecule has 0 nitrogen and oxygen atoms in total. The third-order valence-electron chi connectivity index (χ3n) is 8.50. The van der Waals surface area contributed by atoms with Crippen LogP contribution in [0.1, 0.15) is 38.8 Å². The Morgan fingerprint density at radius 3 is 1.27 bits per heavy atom. The standard InChI is InChI=1S/2C17H15.C3H6.2ClH.Zr/c2*1-13-11-15-9-5-6-10-16(17(15)12-13)14-7-3-2-4-8-14;1-3-2;;;/h2*2-13H,1H3;1-2H3;2*1H;. The third-order valence-corrected chi connectivity index (χ3v) is 18.7. The Bertz CT molecular complexity index is 1430. The first kappa shape index (κ1) is 30.6. The summed E-state index contributed by atoms with van der Waals surface area (Å²) in [5.41, 5.74) is 11.5. The number of fused-ring (bicyclic) bond motifs is 2. The van der Waals surface area contributed by atoms with Crippen LogP contribution in [-0.2, 0) is 21.3 Å². The molecule has 4 aliphatic rings. The molecule has 0 fully saturated rings. The van der Waals surface area contributed by atoms with Gasteiger partial charge in [-0.1, -0.05) is 0 Å². The quantitative estimate of drug-likeness (QED) is 0.311. The molecule has 2 aromatic carbocycles. The summed E-state index contributed by atoms with van der Waals surface area (Å²) in [6.45, 7) is 9.86. The van der Waals surface area contributed by atoms with Crippen molar-refractivity contribution in [2.45, 2.75) is 34.9 Å². The fourth-order valence-corrected chi connectivity index (χ4v) is 17.1. The van der Waals surface area contributed by atoms with Gasteiger partial charge in [0.15, 0.2) is 0 Å². The summed E-state index contributed by atoms with van der Waals surface area (Å²) < 4.78 is 3.01. The summed E-state index contributed by atoms with van der Waals surface area (Å²) in [6, 6.07) is 21.9. The summed E-state index contributed by atoms with van der Waals surface area (Å²) in [7, 11) is 0. The molecule has 6 rings (SSSR count). The maximum atomic E-state index is 2.59. The number of benzene rings is 2. The van der Waals surface area contributed by atoms with Crippen LogP contribution in [0.15, 0.2) is 144 Å². The first-order valence-electron chi connectivity index (χ1n) is 13.9. The van der Waals surface area contributed by atoms with Crippen LogP contribution in [-0.4, -0.2) is 3.21 Å². The zero-order valence-electron chi connectivity index (χ0n) is 23.7. The molecule has 4 aliphatic carbocycles. The molecule has 3 heteroatoms. The summed E-state index contributed by atoms with van der Waals surface area (Å²) in [4.78, 5) is 0. The first-order chi connectivity index (χ1) is 18.5. The Balaban J connectivity index is 0.00000185. The Morgan fingerprint density at radius 1 is 0.525 bits per heavy atom. The molecular weight excluding hydrogens is 607 g/mol. The molecule has 0 N–H and O–H groups in total. The van der Waals surface area contributed by atoms with E-state index < -0.39 is 21.3 Å². The van der Waals surface area contributed by atoms with Crippen molar-refractivity contribution in [3.63, 3.8) is 0 Å². The zero-order chi connectivity index (χ0) is 26.2.